The summed E-state index contributed by atoms with van der Waals surface area (Å²) in [4.78, 5) is 34.0. The van der Waals surface area contributed by atoms with Crippen LogP contribution in [-0.2, 0) is 9.53 Å². The van der Waals surface area contributed by atoms with E-state index in [4.69, 9.17) is 10.00 Å². The van der Waals surface area contributed by atoms with Gasteiger partial charge in [-0.05, 0) is 31.2 Å². The van der Waals surface area contributed by atoms with Gasteiger partial charge in [0.15, 0.2) is 0 Å². The van der Waals surface area contributed by atoms with Crippen molar-refractivity contribution in [2.75, 3.05) is 19.7 Å². The van der Waals surface area contributed by atoms with Gasteiger partial charge in [0, 0.05) is 18.7 Å². The van der Waals surface area contributed by atoms with E-state index in [2.05, 4.69) is 15.4 Å². The Morgan fingerprint density at radius 1 is 1.13 bits per heavy atom. The number of nitriles is 1. The Labute approximate surface area is 133 Å². The van der Waals surface area contributed by atoms with Crippen molar-refractivity contribution in [2.45, 2.75) is 13.3 Å². The molecule has 2 N–H and O–H groups in total. The summed E-state index contributed by atoms with van der Waals surface area (Å²) in [6.07, 6.45) is -1.02. The predicted molar refractivity (Wildman–Crippen MR) is 79.7 cm³/mol. The molecule has 8 heteroatoms. The van der Waals surface area contributed by atoms with Crippen LogP contribution in [0, 0.1) is 11.3 Å². The van der Waals surface area contributed by atoms with Crippen LogP contribution in [0.5, 0.6) is 5.75 Å². The minimum absolute atomic E-state index is 0.212. The zero-order chi connectivity index (χ0) is 17.1. The van der Waals surface area contributed by atoms with Gasteiger partial charge in [-0.25, -0.2) is 4.79 Å². The van der Waals surface area contributed by atoms with Crippen LogP contribution in [0.15, 0.2) is 24.3 Å². The van der Waals surface area contributed by atoms with Gasteiger partial charge >= 0.3 is 6.16 Å². The summed E-state index contributed by atoms with van der Waals surface area (Å²) in [6, 6.07) is 7.67. The maximum absolute atomic E-state index is 11.8. The largest absolute Gasteiger partial charge is 0.513 e. The van der Waals surface area contributed by atoms with Crippen molar-refractivity contribution in [2.24, 2.45) is 0 Å². The fourth-order valence-electron chi connectivity index (χ4n) is 1.53. The molecule has 0 radical (unpaired) electrons. The van der Waals surface area contributed by atoms with Gasteiger partial charge in [0.05, 0.1) is 12.7 Å². The molecule has 122 valence electrons. The molecule has 1 rings (SSSR count). The molecule has 0 saturated carbocycles. The van der Waals surface area contributed by atoms with Gasteiger partial charge in [-0.2, -0.15) is 5.26 Å². The summed E-state index contributed by atoms with van der Waals surface area (Å²) in [5.74, 6) is -0.451. The van der Waals surface area contributed by atoms with E-state index in [1.165, 1.54) is 24.3 Å². The highest BCUT2D eigenvalue weighted by atomic mass is 16.7. The molecule has 0 spiro atoms. The molecule has 0 unspecified atom stereocenters. The number of hydrogen-bond donors (Lipinski definition) is 2. The molecule has 0 aliphatic heterocycles. The zero-order valence-corrected chi connectivity index (χ0v) is 12.6. The molecule has 0 atom stereocenters. The lowest BCUT2D eigenvalue weighted by atomic mass is 10.2. The molecule has 0 aliphatic rings. The fourth-order valence-corrected chi connectivity index (χ4v) is 1.53. The van der Waals surface area contributed by atoms with E-state index in [0.717, 1.165) is 0 Å². The van der Waals surface area contributed by atoms with Crippen LogP contribution in [0.3, 0.4) is 0 Å². The first kappa shape index (κ1) is 18.0. The van der Waals surface area contributed by atoms with E-state index in [1.54, 1.807) is 13.0 Å². The van der Waals surface area contributed by atoms with Gasteiger partial charge < -0.3 is 20.1 Å². The summed E-state index contributed by atoms with van der Waals surface area (Å²) >= 11 is 0. The monoisotopic (exact) mass is 319 g/mol. The van der Waals surface area contributed by atoms with Crippen LogP contribution in [0.2, 0.25) is 0 Å². The quantitative estimate of drug-likeness (QED) is 0.439. The Kier molecular flexibility index (Phi) is 7.64. The Balaban J connectivity index is 2.38. The van der Waals surface area contributed by atoms with Crippen LogP contribution in [0.25, 0.3) is 0 Å². The van der Waals surface area contributed by atoms with Gasteiger partial charge in [-0.1, -0.05) is 0 Å². The number of amides is 2. The molecule has 2 amide bonds. The molecule has 0 bridgehead atoms. The first-order valence-electron chi connectivity index (χ1n) is 6.93. The van der Waals surface area contributed by atoms with E-state index in [-0.39, 0.29) is 43.7 Å². The Hall–Kier alpha value is -3.08. The minimum Gasteiger partial charge on any atom is -0.434 e. The molecular weight excluding hydrogens is 302 g/mol. The number of ether oxygens (including phenoxy) is 2. The molecule has 0 aliphatic carbocycles. The number of carbonyl (C=O) groups excluding carboxylic acids is 3. The molecule has 8 nitrogen and oxygen atoms in total. The van der Waals surface area contributed by atoms with Crippen molar-refractivity contribution in [3.05, 3.63) is 29.8 Å². The average Bonchev–Trinajstić information content (AvgIpc) is 2.52. The number of rotatable bonds is 7. The summed E-state index contributed by atoms with van der Waals surface area (Å²) < 4.78 is 9.50. The van der Waals surface area contributed by atoms with Crippen LogP contribution in [0.1, 0.15) is 23.7 Å². The maximum Gasteiger partial charge on any atom is 0.513 e. The second-order valence-electron chi connectivity index (χ2n) is 4.25. The Morgan fingerprint density at radius 3 is 2.39 bits per heavy atom. The lowest BCUT2D eigenvalue weighted by molar-refractivity contribution is -0.120. The molecule has 1 aromatic carbocycles. The van der Waals surface area contributed by atoms with Crippen molar-refractivity contribution < 1.29 is 23.9 Å². The van der Waals surface area contributed by atoms with E-state index in [9.17, 15) is 14.4 Å². The minimum atomic E-state index is -0.808. The highest BCUT2D eigenvalue weighted by Gasteiger charge is 2.08. The van der Waals surface area contributed by atoms with Gasteiger partial charge in [-0.15, -0.1) is 0 Å². The highest BCUT2D eigenvalue weighted by Crippen LogP contribution is 2.12. The molecule has 0 aromatic heterocycles. The van der Waals surface area contributed by atoms with Gasteiger partial charge in [-0.3, -0.25) is 9.59 Å². The second-order valence-corrected chi connectivity index (χ2v) is 4.25. The highest BCUT2D eigenvalue weighted by molar-refractivity contribution is 5.94. The lowest BCUT2D eigenvalue weighted by Crippen LogP contribution is -2.34. The molecule has 0 fully saturated rings. The number of carbonyl (C=O) groups is 3. The first-order chi connectivity index (χ1) is 11.1. The van der Waals surface area contributed by atoms with Crippen molar-refractivity contribution in [1.82, 2.24) is 10.6 Å². The summed E-state index contributed by atoms with van der Waals surface area (Å²) in [5.41, 5.74) is 0.379. The smallest absolute Gasteiger partial charge is 0.434 e. The summed E-state index contributed by atoms with van der Waals surface area (Å²) in [7, 11) is 0. The Morgan fingerprint density at radius 2 is 1.78 bits per heavy atom. The SMILES string of the molecule is CCOC(=O)Oc1ccc(C(=O)NCCNC(=O)CC#N)cc1. The number of nitrogens with one attached hydrogen (secondary N) is 2. The fraction of sp³-hybridized carbons (Fsp3) is 0.333. The van der Waals surface area contributed by atoms with Crippen LogP contribution in [0.4, 0.5) is 4.79 Å². The number of benzene rings is 1. The second kappa shape index (κ2) is 9.78. The van der Waals surface area contributed by atoms with Crippen LogP contribution in [-0.4, -0.2) is 37.7 Å². The molecule has 0 heterocycles. The summed E-state index contributed by atoms with van der Waals surface area (Å²) in [6.45, 7) is 2.34. The third-order valence-corrected chi connectivity index (χ3v) is 2.55. The molecule has 23 heavy (non-hydrogen) atoms. The summed E-state index contributed by atoms with van der Waals surface area (Å²) in [5, 5.41) is 13.4. The number of nitrogens with zero attached hydrogens (tertiary/aromatic N) is 1. The normalized spacial score (nSPS) is 9.39. The van der Waals surface area contributed by atoms with Crippen molar-refractivity contribution >= 4 is 18.0 Å². The molecule has 1 aromatic rings. The third-order valence-electron chi connectivity index (χ3n) is 2.55. The van der Waals surface area contributed by atoms with Gasteiger partial charge in [0.2, 0.25) is 5.91 Å². The average molecular weight is 319 g/mol. The molecular formula is C15H17N3O5. The predicted octanol–water partition coefficient (Wildman–Crippen LogP) is 0.982. The first-order valence-corrected chi connectivity index (χ1v) is 6.93. The van der Waals surface area contributed by atoms with Crippen molar-refractivity contribution in [1.29, 1.82) is 5.26 Å². The van der Waals surface area contributed by atoms with E-state index < -0.39 is 6.16 Å². The van der Waals surface area contributed by atoms with E-state index >= 15 is 0 Å². The van der Waals surface area contributed by atoms with E-state index in [0.29, 0.717) is 5.56 Å². The van der Waals surface area contributed by atoms with Crippen LogP contribution >= 0.6 is 0 Å². The number of hydrogen-bond acceptors (Lipinski definition) is 6. The van der Waals surface area contributed by atoms with Gasteiger partial charge in [0.25, 0.3) is 5.91 Å². The topological polar surface area (TPSA) is 118 Å². The van der Waals surface area contributed by atoms with Crippen molar-refractivity contribution in [3.8, 4) is 11.8 Å². The van der Waals surface area contributed by atoms with Crippen molar-refractivity contribution in [3.63, 3.8) is 0 Å². The standard InChI is InChI=1S/C15H17N3O5/c1-2-22-15(21)23-12-5-3-11(4-6-12)14(20)18-10-9-17-13(19)7-8-16/h3-6H,2,7,9-10H2,1H3,(H,17,19)(H,18,20). The lowest BCUT2D eigenvalue weighted by Gasteiger charge is -2.07. The van der Waals surface area contributed by atoms with Gasteiger partial charge in [0.1, 0.15) is 12.2 Å². The maximum atomic E-state index is 11.8. The third kappa shape index (κ3) is 6.95. The van der Waals surface area contributed by atoms with Crippen LogP contribution < -0.4 is 15.4 Å². The van der Waals surface area contributed by atoms with E-state index in [1.807, 2.05) is 0 Å². The zero-order valence-electron chi connectivity index (χ0n) is 12.6. The molecule has 0 saturated heterocycles. The Bertz CT molecular complexity index is 592.